The molecule has 0 saturated carbocycles. The molecule has 0 radical (unpaired) electrons. The highest BCUT2D eigenvalue weighted by Crippen LogP contribution is 2.29. The summed E-state index contributed by atoms with van der Waals surface area (Å²) >= 11 is 6.16. The van der Waals surface area contributed by atoms with E-state index in [2.05, 4.69) is 10.2 Å². The zero-order valence-electron chi connectivity index (χ0n) is 18.5. The van der Waals surface area contributed by atoms with E-state index in [1.807, 2.05) is 18.2 Å². The SMILES string of the molecule is O=C(C[C@H]1CC[C@H]2[C@@H](COC[C@@H](O)CN2Cc2ccc(F)cc2)O1)NCc1ccccc1Cl. The van der Waals surface area contributed by atoms with E-state index in [0.717, 1.165) is 24.0 Å². The molecule has 2 fully saturated rings. The van der Waals surface area contributed by atoms with Crippen molar-refractivity contribution in [3.05, 3.63) is 70.5 Å². The summed E-state index contributed by atoms with van der Waals surface area (Å²) < 4.78 is 25.3. The van der Waals surface area contributed by atoms with Gasteiger partial charge in [-0.1, -0.05) is 41.9 Å². The van der Waals surface area contributed by atoms with Gasteiger partial charge in [0.15, 0.2) is 0 Å². The second-order valence-electron chi connectivity index (χ2n) is 8.76. The van der Waals surface area contributed by atoms with Gasteiger partial charge in [0.1, 0.15) is 5.82 Å². The number of halogens is 2. The Kier molecular flexibility index (Phi) is 8.33. The molecule has 8 heteroatoms. The first-order valence-corrected chi connectivity index (χ1v) is 11.8. The number of hydrogen-bond donors (Lipinski definition) is 2. The molecule has 4 rings (SSSR count). The highest BCUT2D eigenvalue weighted by Gasteiger charge is 2.38. The van der Waals surface area contributed by atoms with Crippen molar-refractivity contribution < 1.29 is 23.8 Å². The van der Waals surface area contributed by atoms with Crippen molar-refractivity contribution in [2.75, 3.05) is 19.8 Å². The monoisotopic (exact) mass is 476 g/mol. The number of rotatable bonds is 6. The molecular weight excluding hydrogens is 447 g/mol. The van der Waals surface area contributed by atoms with Gasteiger partial charge in [0.2, 0.25) is 5.91 Å². The van der Waals surface area contributed by atoms with Crippen LogP contribution >= 0.6 is 11.6 Å². The average molecular weight is 477 g/mol. The minimum absolute atomic E-state index is 0.0486. The number of nitrogens with one attached hydrogen (secondary N) is 1. The third-order valence-corrected chi connectivity index (χ3v) is 6.60. The standard InChI is InChI=1S/C25H30ClFN2O4/c26-22-4-2-1-3-18(22)12-28-25(31)11-21-9-10-23-24(33-21)16-32-15-20(30)14-29(23)13-17-5-7-19(27)8-6-17/h1-8,20-21,23-24,30H,9-16H2,(H,28,31)/t20-,21+,23-,24+/m0/s1. The summed E-state index contributed by atoms with van der Waals surface area (Å²) in [7, 11) is 0. The molecule has 2 saturated heterocycles. The molecule has 2 heterocycles. The van der Waals surface area contributed by atoms with Gasteiger partial charge in [-0.05, 0) is 42.2 Å². The first kappa shape index (κ1) is 24.1. The highest BCUT2D eigenvalue weighted by atomic mass is 35.5. The van der Waals surface area contributed by atoms with Gasteiger partial charge in [-0.2, -0.15) is 0 Å². The lowest BCUT2D eigenvalue weighted by Gasteiger charge is -2.44. The topological polar surface area (TPSA) is 71.0 Å². The number of carbonyl (C=O) groups excluding carboxylic acids is 1. The predicted molar refractivity (Wildman–Crippen MR) is 123 cm³/mol. The molecule has 0 aliphatic carbocycles. The number of benzene rings is 2. The second kappa shape index (κ2) is 11.4. The molecule has 33 heavy (non-hydrogen) atoms. The Balaban J connectivity index is 1.34. The quantitative estimate of drug-likeness (QED) is 0.669. The number of nitrogens with zero attached hydrogens (tertiary/aromatic N) is 1. The molecule has 1 amide bonds. The summed E-state index contributed by atoms with van der Waals surface area (Å²) in [5.41, 5.74) is 1.85. The van der Waals surface area contributed by atoms with Crippen molar-refractivity contribution in [3.8, 4) is 0 Å². The maximum absolute atomic E-state index is 13.3. The summed E-state index contributed by atoms with van der Waals surface area (Å²) in [5.74, 6) is -0.349. The van der Waals surface area contributed by atoms with E-state index in [4.69, 9.17) is 21.1 Å². The van der Waals surface area contributed by atoms with Gasteiger partial charge >= 0.3 is 0 Å². The lowest BCUT2D eigenvalue weighted by Crippen LogP contribution is -2.55. The molecule has 2 aliphatic rings. The molecule has 2 N–H and O–H groups in total. The Morgan fingerprint density at radius 1 is 1.15 bits per heavy atom. The molecule has 2 aromatic carbocycles. The molecule has 4 atom stereocenters. The number of β-amino-alcohol motifs (C(OH)–C–C–N with tert-alkyl or cyclic N) is 1. The minimum atomic E-state index is -0.597. The molecule has 6 nitrogen and oxygen atoms in total. The molecule has 0 bridgehead atoms. The van der Waals surface area contributed by atoms with Crippen LogP contribution in [0.3, 0.4) is 0 Å². The number of amides is 1. The first-order chi connectivity index (χ1) is 16.0. The van der Waals surface area contributed by atoms with Crippen LogP contribution in [0.2, 0.25) is 5.02 Å². The maximum Gasteiger partial charge on any atom is 0.222 e. The molecule has 2 aliphatic heterocycles. The van der Waals surface area contributed by atoms with E-state index in [9.17, 15) is 14.3 Å². The fourth-order valence-corrected chi connectivity index (χ4v) is 4.77. The van der Waals surface area contributed by atoms with Crippen LogP contribution in [-0.2, 0) is 27.4 Å². The zero-order chi connectivity index (χ0) is 23.2. The van der Waals surface area contributed by atoms with Gasteiger partial charge in [0.25, 0.3) is 0 Å². The maximum atomic E-state index is 13.3. The summed E-state index contributed by atoms with van der Waals surface area (Å²) in [6, 6.07) is 13.9. The van der Waals surface area contributed by atoms with Crippen LogP contribution in [0, 0.1) is 5.82 Å². The first-order valence-electron chi connectivity index (χ1n) is 11.4. The van der Waals surface area contributed by atoms with Gasteiger partial charge in [-0.25, -0.2) is 4.39 Å². The highest BCUT2D eigenvalue weighted by molar-refractivity contribution is 6.31. The average Bonchev–Trinajstić information content (AvgIpc) is 2.79. The van der Waals surface area contributed by atoms with Crippen molar-refractivity contribution >= 4 is 17.5 Å². The fraction of sp³-hybridized carbons (Fsp3) is 0.480. The summed E-state index contributed by atoms with van der Waals surface area (Å²) in [5, 5.41) is 13.9. The Bertz CT molecular complexity index is 929. The van der Waals surface area contributed by atoms with Crippen LogP contribution in [0.25, 0.3) is 0 Å². The number of aliphatic hydroxyl groups is 1. The van der Waals surface area contributed by atoms with Crippen LogP contribution < -0.4 is 5.32 Å². The molecule has 2 aromatic rings. The Morgan fingerprint density at radius 2 is 1.94 bits per heavy atom. The van der Waals surface area contributed by atoms with Crippen molar-refractivity contribution in [1.29, 1.82) is 0 Å². The largest absolute Gasteiger partial charge is 0.389 e. The van der Waals surface area contributed by atoms with Crippen molar-refractivity contribution in [2.24, 2.45) is 0 Å². The number of carbonyl (C=O) groups is 1. The van der Waals surface area contributed by atoms with Gasteiger partial charge in [-0.15, -0.1) is 0 Å². The van der Waals surface area contributed by atoms with Gasteiger partial charge in [-0.3, -0.25) is 9.69 Å². The third-order valence-electron chi connectivity index (χ3n) is 6.23. The Hall–Kier alpha value is -2.03. The van der Waals surface area contributed by atoms with Gasteiger partial charge in [0, 0.05) is 30.7 Å². The van der Waals surface area contributed by atoms with Crippen LogP contribution in [0.1, 0.15) is 30.4 Å². The second-order valence-corrected chi connectivity index (χ2v) is 9.17. The van der Waals surface area contributed by atoms with E-state index in [1.54, 1.807) is 18.2 Å². The van der Waals surface area contributed by atoms with Crippen LogP contribution in [0.15, 0.2) is 48.5 Å². The van der Waals surface area contributed by atoms with E-state index in [1.165, 1.54) is 12.1 Å². The number of ether oxygens (including phenoxy) is 2. The van der Waals surface area contributed by atoms with E-state index in [-0.39, 0.29) is 43.0 Å². The Morgan fingerprint density at radius 3 is 2.73 bits per heavy atom. The smallest absolute Gasteiger partial charge is 0.222 e. The summed E-state index contributed by atoms with van der Waals surface area (Å²) in [6.45, 7) is 2.01. The normalized spacial score (nSPS) is 26.2. The lowest BCUT2D eigenvalue weighted by atomic mass is 9.94. The van der Waals surface area contributed by atoms with Crippen molar-refractivity contribution in [3.63, 3.8) is 0 Å². The Labute approximate surface area is 198 Å². The van der Waals surface area contributed by atoms with E-state index < -0.39 is 6.10 Å². The number of aliphatic hydroxyl groups excluding tert-OH is 1. The number of hydrogen-bond acceptors (Lipinski definition) is 5. The van der Waals surface area contributed by atoms with Crippen molar-refractivity contribution in [2.45, 2.75) is 56.7 Å². The molecule has 0 spiro atoms. The van der Waals surface area contributed by atoms with Crippen LogP contribution in [-0.4, -0.2) is 60.0 Å². The molecule has 178 valence electrons. The van der Waals surface area contributed by atoms with Crippen LogP contribution in [0.4, 0.5) is 4.39 Å². The minimum Gasteiger partial charge on any atom is -0.389 e. The van der Waals surface area contributed by atoms with Crippen molar-refractivity contribution in [1.82, 2.24) is 10.2 Å². The van der Waals surface area contributed by atoms with E-state index >= 15 is 0 Å². The molecule has 0 unspecified atom stereocenters. The molecule has 0 aromatic heterocycles. The fourth-order valence-electron chi connectivity index (χ4n) is 4.57. The van der Waals surface area contributed by atoms with Crippen LogP contribution in [0.5, 0.6) is 0 Å². The summed E-state index contributed by atoms with van der Waals surface area (Å²) in [4.78, 5) is 14.7. The number of fused-ring (bicyclic) bond motifs is 1. The third kappa shape index (κ3) is 6.74. The predicted octanol–water partition coefficient (Wildman–Crippen LogP) is 3.29. The van der Waals surface area contributed by atoms with Gasteiger partial charge < -0.3 is 19.9 Å². The molecular formula is C25H30ClFN2O4. The van der Waals surface area contributed by atoms with E-state index in [0.29, 0.717) is 31.3 Å². The lowest BCUT2D eigenvalue weighted by molar-refractivity contribution is -0.158. The van der Waals surface area contributed by atoms with Gasteiger partial charge in [0.05, 0.1) is 37.9 Å². The summed E-state index contributed by atoms with van der Waals surface area (Å²) in [6.07, 6.45) is 0.834. The zero-order valence-corrected chi connectivity index (χ0v) is 19.2.